The number of hydrogen-bond donors (Lipinski definition) is 1. The minimum atomic E-state index is -0.188. The summed E-state index contributed by atoms with van der Waals surface area (Å²) in [5.41, 5.74) is 2.70. The molecular weight excluding hydrogens is 443 g/mol. The van der Waals surface area contributed by atoms with Crippen LogP contribution in [0.4, 0.5) is 0 Å². The van der Waals surface area contributed by atoms with Gasteiger partial charge in [-0.3, -0.25) is 4.99 Å². The number of aromatic nitrogens is 2. The summed E-state index contributed by atoms with van der Waals surface area (Å²) in [6.07, 6.45) is 1.80. The van der Waals surface area contributed by atoms with Crippen LogP contribution in [-0.2, 0) is 5.41 Å². The Morgan fingerprint density at radius 1 is 0.938 bits per heavy atom. The highest BCUT2D eigenvalue weighted by atomic mass is 35.5. The molecule has 1 N–H and O–H groups in total. The van der Waals surface area contributed by atoms with Gasteiger partial charge in [0.15, 0.2) is 0 Å². The van der Waals surface area contributed by atoms with E-state index in [-0.39, 0.29) is 17.5 Å². The van der Waals surface area contributed by atoms with E-state index in [2.05, 4.69) is 31.1 Å². The van der Waals surface area contributed by atoms with Crippen LogP contribution in [0.5, 0.6) is 5.88 Å². The molecule has 4 rings (SSSR count). The van der Waals surface area contributed by atoms with Crippen LogP contribution in [-0.4, -0.2) is 22.4 Å². The third-order valence-electron chi connectivity index (χ3n) is 5.28. The van der Waals surface area contributed by atoms with Gasteiger partial charge in [0.2, 0.25) is 5.88 Å². The van der Waals surface area contributed by atoms with Gasteiger partial charge >= 0.3 is 0 Å². The average Bonchev–Trinajstić information content (AvgIpc) is 3.19. The Kier molecular flexibility index (Phi) is 6.40. The molecule has 0 amide bonds. The molecule has 166 valence electrons. The highest BCUT2D eigenvalue weighted by molar-refractivity contribution is 6.30. The smallest absolute Gasteiger partial charge is 0.227 e. The summed E-state index contributed by atoms with van der Waals surface area (Å²) in [5, 5.41) is 4.96. The monoisotopic (exact) mass is 468 g/mol. The summed E-state index contributed by atoms with van der Waals surface area (Å²) in [5.74, 6) is 1.96. The number of benzene rings is 2. The lowest BCUT2D eigenvalue weighted by molar-refractivity contribution is 0.321. The molecule has 7 heteroatoms. The van der Waals surface area contributed by atoms with Crippen LogP contribution < -0.4 is 10.1 Å². The molecule has 1 aliphatic heterocycles. The molecule has 1 aromatic heterocycles. The zero-order chi connectivity index (χ0) is 22.9. The minimum Gasteiger partial charge on any atom is -0.477 e. The minimum absolute atomic E-state index is 0.0831. The number of amidine groups is 1. The lowest BCUT2D eigenvalue weighted by Crippen LogP contribution is -2.26. The molecule has 0 spiro atoms. The second kappa shape index (κ2) is 9.08. The predicted molar refractivity (Wildman–Crippen MR) is 130 cm³/mol. The SMILES string of the molecule is CCOc1nc(C(C)(C)C)ncc1C1=NC(c2ccc(Cl)cc2)C(c2ccc(Cl)cc2)N1. The first-order valence-corrected chi connectivity index (χ1v) is 11.4. The van der Waals surface area contributed by atoms with Crippen molar-refractivity contribution >= 4 is 29.0 Å². The highest BCUT2D eigenvalue weighted by Gasteiger charge is 2.34. The van der Waals surface area contributed by atoms with Crippen molar-refractivity contribution in [3.8, 4) is 5.88 Å². The molecule has 1 aliphatic rings. The largest absolute Gasteiger partial charge is 0.477 e. The van der Waals surface area contributed by atoms with Crippen LogP contribution >= 0.6 is 23.2 Å². The van der Waals surface area contributed by atoms with Gasteiger partial charge in [-0.15, -0.1) is 0 Å². The lowest BCUT2D eigenvalue weighted by Gasteiger charge is -2.20. The van der Waals surface area contributed by atoms with Crippen molar-refractivity contribution < 1.29 is 4.74 Å². The first-order valence-electron chi connectivity index (χ1n) is 10.6. The molecule has 0 saturated carbocycles. The van der Waals surface area contributed by atoms with E-state index in [0.29, 0.717) is 28.4 Å². The molecular formula is C25H26Cl2N4O. The maximum atomic E-state index is 6.12. The number of nitrogens with one attached hydrogen (secondary N) is 1. The fourth-order valence-electron chi connectivity index (χ4n) is 3.62. The summed E-state index contributed by atoms with van der Waals surface area (Å²) < 4.78 is 5.89. The van der Waals surface area contributed by atoms with Crippen molar-refractivity contribution in [3.63, 3.8) is 0 Å². The maximum absolute atomic E-state index is 6.12. The van der Waals surface area contributed by atoms with Crippen molar-refractivity contribution in [1.82, 2.24) is 15.3 Å². The van der Waals surface area contributed by atoms with E-state index in [9.17, 15) is 0 Å². The number of ether oxygens (including phenoxy) is 1. The molecule has 2 unspecified atom stereocenters. The van der Waals surface area contributed by atoms with E-state index in [0.717, 1.165) is 22.5 Å². The molecule has 0 fully saturated rings. The summed E-state index contributed by atoms with van der Waals surface area (Å²) in [7, 11) is 0. The first kappa shape index (κ1) is 22.6. The number of aliphatic imine (C=N–C) groups is 1. The van der Waals surface area contributed by atoms with E-state index in [1.165, 1.54) is 0 Å². The van der Waals surface area contributed by atoms with E-state index >= 15 is 0 Å². The van der Waals surface area contributed by atoms with Crippen LogP contribution in [0.3, 0.4) is 0 Å². The summed E-state index contributed by atoms with van der Waals surface area (Å²) in [6, 6.07) is 15.4. The van der Waals surface area contributed by atoms with Gasteiger partial charge in [0, 0.05) is 21.7 Å². The standard InChI is InChI=1S/C25H26Cl2N4O/c1-5-32-23-19(14-28-24(31-23)25(2,3)4)22-29-20(15-6-10-17(26)11-7-15)21(30-22)16-8-12-18(27)13-9-16/h6-14,20-21H,5H2,1-4H3,(H,29,30). The maximum Gasteiger partial charge on any atom is 0.227 e. The van der Waals surface area contributed by atoms with Gasteiger partial charge < -0.3 is 10.1 Å². The van der Waals surface area contributed by atoms with Crippen LogP contribution in [0.25, 0.3) is 0 Å². The lowest BCUT2D eigenvalue weighted by atomic mass is 9.95. The molecule has 3 aromatic rings. The third-order valence-corrected chi connectivity index (χ3v) is 5.78. The van der Waals surface area contributed by atoms with E-state index in [1.54, 1.807) is 6.20 Å². The van der Waals surface area contributed by atoms with Crippen LogP contribution in [0.15, 0.2) is 59.7 Å². The molecule has 0 bridgehead atoms. The molecule has 5 nitrogen and oxygen atoms in total. The number of nitrogens with zero attached hydrogens (tertiary/aromatic N) is 3. The van der Waals surface area contributed by atoms with Gasteiger partial charge in [-0.25, -0.2) is 4.98 Å². The second-order valence-electron chi connectivity index (χ2n) is 8.74. The fraction of sp³-hybridized carbons (Fsp3) is 0.320. The third kappa shape index (κ3) is 4.74. The molecule has 2 heterocycles. The quantitative estimate of drug-likeness (QED) is 0.476. The normalized spacial score (nSPS) is 18.2. The average molecular weight is 469 g/mol. The van der Waals surface area contributed by atoms with Crippen LogP contribution in [0, 0.1) is 0 Å². The van der Waals surface area contributed by atoms with Crippen molar-refractivity contribution in [2.75, 3.05) is 6.61 Å². The van der Waals surface area contributed by atoms with Crippen LogP contribution in [0.1, 0.15) is 62.3 Å². The molecule has 0 saturated heterocycles. The Balaban J connectivity index is 1.78. The first-order chi connectivity index (χ1) is 15.3. The van der Waals surface area contributed by atoms with Crippen molar-refractivity contribution in [3.05, 3.63) is 87.3 Å². The van der Waals surface area contributed by atoms with Crippen molar-refractivity contribution in [2.24, 2.45) is 4.99 Å². The summed E-state index contributed by atoms with van der Waals surface area (Å²) in [4.78, 5) is 14.4. The van der Waals surface area contributed by atoms with Gasteiger partial charge in [0.1, 0.15) is 17.7 Å². The molecule has 0 radical (unpaired) electrons. The fourth-order valence-corrected chi connectivity index (χ4v) is 3.88. The Morgan fingerprint density at radius 2 is 1.53 bits per heavy atom. The van der Waals surface area contributed by atoms with E-state index < -0.39 is 0 Å². The predicted octanol–water partition coefficient (Wildman–Crippen LogP) is 6.31. The van der Waals surface area contributed by atoms with Crippen molar-refractivity contribution in [1.29, 1.82) is 0 Å². The van der Waals surface area contributed by atoms with E-state index in [1.807, 2.05) is 55.5 Å². The van der Waals surface area contributed by atoms with E-state index in [4.69, 9.17) is 37.9 Å². The zero-order valence-corrected chi connectivity index (χ0v) is 20.1. The van der Waals surface area contributed by atoms with Gasteiger partial charge in [-0.2, -0.15) is 4.98 Å². The second-order valence-corrected chi connectivity index (χ2v) is 9.62. The topological polar surface area (TPSA) is 59.4 Å². The molecule has 2 atom stereocenters. The Labute approximate surface area is 198 Å². The van der Waals surface area contributed by atoms with Gasteiger partial charge in [0.25, 0.3) is 0 Å². The summed E-state index contributed by atoms with van der Waals surface area (Å²) >= 11 is 12.2. The highest BCUT2D eigenvalue weighted by Crippen LogP contribution is 2.38. The number of rotatable bonds is 5. The molecule has 32 heavy (non-hydrogen) atoms. The molecule has 2 aromatic carbocycles. The Hall–Kier alpha value is -2.63. The Bertz CT molecular complexity index is 1120. The van der Waals surface area contributed by atoms with Gasteiger partial charge in [0.05, 0.1) is 18.2 Å². The van der Waals surface area contributed by atoms with Crippen molar-refractivity contribution in [2.45, 2.75) is 45.2 Å². The summed E-state index contributed by atoms with van der Waals surface area (Å²) in [6.45, 7) is 8.68. The van der Waals surface area contributed by atoms with Gasteiger partial charge in [-0.05, 0) is 42.3 Å². The number of halogens is 2. The number of hydrogen-bond acceptors (Lipinski definition) is 5. The Morgan fingerprint density at radius 3 is 2.09 bits per heavy atom. The molecule has 0 aliphatic carbocycles. The van der Waals surface area contributed by atoms with Crippen LogP contribution in [0.2, 0.25) is 10.0 Å². The zero-order valence-electron chi connectivity index (χ0n) is 18.6. The van der Waals surface area contributed by atoms with Gasteiger partial charge in [-0.1, -0.05) is 68.2 Å².